The summed E-state index contributed by atoms with van der Waals surface area (Å²) in [5, 5.41) is 11.2. The Morgan fingerprint density at radius 2 is 1.83 bits per heavy atom. The monoisotopic (exact) mass is 436 g/mol. The van der Waals surface area contributed by atoms with Crippen molar-refractivity contribution >= 4 is 28.9 Å². The third-order valence-corrected chi connectivity index (χ3v) is 5.11. The predicted molar refractivity (Wildman–Crippen MR) is 110 cm³/mol. The predicted octanol–water partition coefficient (Wildman–Crippen LogP) is 4.38. The van der Waals surface area contributed by atoms with Crippen LogP contribution in [0.4, 0.5) is 24.5 Å². The molecule has 0 aromatic heterocycles. The Morgan fingerprint density at radius 1 is 1.10 bits per heavy atom. The van der Waals surface area contributed by atoms with Gasteiger partial charge in [0.25, 0.3) is 0 Å². The number of hydrogen-bond acceptors (Lipinski definition) is 4. The molecule has 2 aromatic rings. The van der Waals surface area contributed by atoms with Gasteiger partial charge in [-0.25, -0.2) is 0 Å². The van der Waals surface area contributed by atoms with Gasteiger partial charge < -0.3 is 10.2 Å². The summed E-state index contributed by atoms with van der Waals surface area (Å²) in [5.41, 5.74) is 0.320. The topological polar surface area (TPSA) is 59.4 Å². The van der Waals surface area contributed by atoms with Gasteiger partial charge in [-0.05, 0) is 48.9 Å². The van der Waals surface area contributed by atoms with Gasteiger partial charge in [0, 0.05) is 36.9 Å². The molecule has 1 aliphatic heterocycles. The van der Waals surface area contributed by atoms with Crippen molar-refractivity contribution in [3.8, 4) is 6.07 Å². The van der Waals surface area contributed by atoms with Gasteiger partial charge in [-0.1, -0.05) is 11.6 Å². The first kappa shape index (κ1) is 21.9. The molecule has 0 saturated carbocycles. The first-order valence-electron chi connectivity index (χ1n) is 9.40. The van der Waals surface area contributed by atoms with Crippen LogP contribution in [0.3, 0.4) is 0 Å². The molecule has 0 radical (unpaired) electrons. The van der Waals surface area contributed by atoms with Crippen molar-refractivity contribution in [1.82, 2.24) is 4.90 Å². The summed E-state index contributed by atoms with van der Waals surface area (Å²) < 4.78 is 39.6. The molecule has 30 heavy (non-hydrogen) atoms. The van der Waals surface area contributed by atoms with Crippen LogP contribution in [0.25, 0.3) is 0 Å². The molecule has 158 valence electrons. The molecule has 0 aliphatic carbocycles. The molecule has 1 fully saturated rings. The van der Waals surface area contributed by atoms with Crippen molar-refractivity contribution in [2.45, 2.75) is 12.6 Å². The molecule has 0 bridgehead atoms. The molecule has 9 heteroatoms. The van der Waals surface area contributed by atoms with Crippen LogP contribution in [-0.4, -0.2) is 43.5 Å². The number of anilines is 2. The molecule has 1 N–H and O–H groups in total. The summed E-state index contributed by atoms with van der Waals surface area (Å²) in [6, 6.07) is 12.7. The summed E-state index contributed by atoms with van der Waals surface area (Å²) in [6.07, 6.45) is -3.81. The van der Waals surface area contributed by atoms with Crippen molar-refractivity contribution in [2.24, 2.45) is 0 Å². The van der Waals surface area contributed by atoms with E-state index in [0.717, 1.165) is 30.8 Å². The lowest BCUT2D eigenvalue weighted by molar-refractivity contribution is -0.137. The highest BCUT2D eigenvalue weighted by Crippen LogP contribution is 2.36. The second-order valence-corrected chi connectivity index (χ2v) is 7.45. The molecule has 0 atom stereocenters. The van der Waals surface area contributed by atoms with E-state index >= 15 is 0 Å². The molecular weight excluding hydrogens is 417 g/mol. The summed E-state index contributed by atoms with van der Waals surface area (Å²) >= 11 is 5.67. The Balaban J connectivity index is 1.60. The lowest BCUT2D eigenvalue weighted by Gasteiger charge is -2.23. The first-order valence-corrected chi connectivity index (χ1v) is 9.78. The number of alkyl halides is 3. The lowest BCUT2D eigenvalue weighted by atomic mass is 10.1. The van der Waals surface area contributed by atoms with Crippen molar-refractivity contribution in [3.63, 3.8) is 0 Å². The maximum Gasteiger partial charge on any atom is 0.418 e. The van der Waals surface area contributed by atoms with E-state index in [4.69, 9.17) is 16.9 Å². The van der Waals surface area contributed by atoms with Gasteiger partial charge in [0.05, 0.1) is 29.4 Å². The summed E-state index contributed by atoms with van der Waals surface area (Å²) in [5.74, 6) is -0.505. The van der Waals surface area contributed by atoms with Gasteiger partial charge in [-0.15, -0.1) is 0 Å². The van der Waals surface area contributed by atoms with E-state index in [-0.39, 0.29) is 17.3 Å². The normalized spacial score (nSPS) is 15.4. The average molecular weight is 437 g/mol. The molecule has 0 spiro atoms. The smallest absolute Gasteiger partial charge is 0.370 e. The Labute approximate surface area is 177 Å². The standard InChI is InChI=1S/C21H20ClF3N4O/c22-16-4-7-19(18(12-16)21(23,24)25)27-20(30)14-28-8-1-9-29(11-10-28)17-5-2-15(13-26)3-6-17/h2-7,12H,1,8-11,14H2,(H,27,30). The molecule has 1 aliphatic rings. The van der Waals surface area contributed by atoms with Crippen LogP contribution >= 0.6 is 11.6 Å². The average Bonchev–Trinajstić information content (AvgIpc) is 2.94. The quantitative estimate of drug-likeness (QED) is 0.772. The largest absolute Gasteiger partial charge is 0.418 e. The highest BCUT2D eigenvalue weighted by molar-refractivity contribution is 6.30. The van der Waals surface area contributed by atoms with E-state index in [1.807, 2.05) is 17.0 Å². The molecule has 5 nitrogen and oxygen atoms in total. The van der Waals surface area contributed by atoms with Gasteiger partial charge in [-0.3, -0.25) is 9.69 Å². The second kappa shape index (κ2) is 9.37. The van der Waals surface area contributed by atoms with E-state index < -0.39 is 17.6 Å². The van der Waals surface area contributed by atoms with E-state index in [0.29, 0.717) is 25.2 Å². The van der Waals surface area contributed by atoms with E-state index in [1.54, 1.807) is 12.1 Å². The third-order valence-electron chi connectivity index (χ3n) is 4.88. The zero-order valence-electron chi connectivity index (χ0n) is 16.0. The van der Waals surface area contributed by atoms with E-state index in [9.17, 15) is 18.0 Å². The molecule has 1 saturated heterocycles. The van der Waals surface area contributed by atoms with E-state index in [1.165, 1.54) is 6.07 Å². The number of hydrogen-bond donors (Lipinski definition) is 1. The van der Waals surface area contributed by atoms with Gasteiger partial charge in [-0.2, -0.15) is 18.4 Å². The number of benzene rings is 2. The molecule has 2 aromatic carbocycles. The molecule has 0 unspecified atom stereocenters. The highest BCUT2D eigenvalue weighted by Gasteiger charge is 2.34. The van der Waals surface area contributed by atoms with Crippen molar-refractivity contribution in [1.29, 1.82) is 5.26 Å². The van der Waals surface area contributed by atoms with Gasteiger partial charge in [0.2, 0.25) is 5.91 Å². The van der Waals surface area contributed by atoms with Crippen molar-refractivity contribution < 1.29 is 18.0 Å². The molecule has 3 rings (SSSR count). The van der Waals surface area contributed by atoms with Gasteiger partial charge in [0.1, 0.15) is 0 Å². The number of rotatable bonds is 4. The number of halogens is 4. The van der Waals surface area contributed by atoms with Crippen LogP contribution < -0.4 is 10.2 Å². The van der Waals surface area contributed by atoms with E-state index in [2.05, 4.69) is 16.3 Å². The molecule has 1 amide bonds. The Hall–Kier alpha value is -2.76. The van der Waals surface area contributed by atoms with Crippen LogP contribution in [0.2, 0.25) is 5.02 Å². The minimum atomic E-state index is -4.61. The number of amides is 1. The summed E-state index contributed by atoms with van der Waals surface area (Å²) in [4.78, 5) is 16.5. The summed E-state index contributed by atoms with van der Waals surface area (Å²) in [6.45, 7) is 2.72. The Kier molecular flexibility index (Phi) is 6.85. The van der Waals surface area contributed by atoms with Gasteiger partial charge in [0.15, 0.2) is 0 Å². The van der Waals surface area contributed by atoms with Crippen LogP contribution in [0.5, 0.6) is 0 Å². The number of carbonyl (C=O) groups excluding carboxylic acids is 1. The lowest BCUT2D eigenvalue weighted by Crippen LogP contribution is -2.36. The number of nitriles is 1. The highest BCUT2D eigenvalue weighted by atomic mass is 35.5. The van der Waals surface area contributed by atoms with Crippen LogP contribution in [0.1, 0.15) is 17.5 Å². The Bertz CT molecular complexity index is 941. The van der Waals surface area contributed by atoms with Gasteiger partial charge >= 0.3 is 6.18 Å². The zero-order valence-corrected chi connectivity index (χ0v) is 16.8. The fourth-order valence-electron chi connectivity index (χ4n) is 3.39. The minimum absolute atomic E-state index is 0.00112. The maximum absolute atomic E-state index is 13.2. The number of nitrogens with one attached hydrogen (secondary N) is 1. The fourth-order valence-corrected chi connectivity index (χ4v) is 3.56. The minimum Gasteiger partial charge on any atom is -0.370 e. The number of carbonyl (C=O) groups is 1. The van der Waals surface area contributed by atoms with Crippen LogP contribution in [-0.2, 0) is 11.0 Å². The third kappa shape index (κ3) is 5.65. The van der Waals surface area contributed by atoms with Crippen LogP contribution in [0.15, 0.2) is 42.5 Å². The fraction of sp³-hybridized carbons (Fsp3) is 0.333. The van der Waals surface area contributed by atoms with Crippen molar-refractivity contribution in [3.05, 3.63) is 58.6 Å². The first-order chi connectivity index (χ1) is 14.3. The maximum atomic E-state index is 13.2. The van der Waals surface area contributed by atoms with Crippen molar-refractivity contribution in [2.75, 3.05) is 42.9 Å². The Morgan fingerprint density at radius 3 is 2.50 bits per heavy atom. The van der Waals surface area contributed by atoms with Crippen LogP contribution in [0, 0.1) is 11.3 Å². The summed E-state index contributed by atoms with van der Waals surface area (Å²) in [7, 11) is 0. The zero-order chi connectivity index (χ0) is 21.7. The second-order valence-electron chi connectivity index (χ2n) is 7.01. The number of nitrogens with zero attached hydrogens (tertiary/aromatic N) is 3. The SMILES string of the molecule is N#Cc1ccc(N2CCCN(CC(=O)Nc3ccc(Cl)cc3C(F)(F)F)CC2)cc1. The molecular formula is C21H20ClF3N4O. The molecule has 1 heterocycles.